The van der Waals surface area contributed by atoms with Crippen molar-refractivity contribution in [1.29, 1.82) is 0 Å². The molecule has 5 rings (SSSR count). The molecule has 0 radical (unpaired) electrons. The van der Waals surface area contributed by atoms with Crippen molar-refractivity contribution >= 4 is 0 Å². The zero-order chi connectivity index (χ0) is 21.7. The third-order valence-corrected chi connectivity index (χ3v) is 12.8. The Morgan fingerprint density at radius 3 is 2.17 bits per heavy atom. The molecule has 0 aliphatic heterocycles. The summed E-state index contributed by atoms with van der Waals surface area (Å²) in [6.07, 6.45) is 11.8. The number of fused-ring (bicyclic) bond motifs is 2. The summed E-state index contributed by atoms with van der Waals surface area (Å²) < 4.78 is 6.21. The molecule has 2 spiro atoms. The lowest BCUT2D eigenvalue weighted by Gasteiger charge is -2.63. The molecule has 0 bridgehead atoms. The molecule has 2 N–H and O–H groups in total. The zero-order valence-electron chi connectivity index (χ0n) is 21.0. The molecule has 5 aliphatic carbocycles. The Bertz CT molecular complexity index is 707. The molecule has 0 saturated heterocycles. The van der Waals surface area contributed by atoms with Gasteiger partial charge in [-0.15, -0.1) is 0 Å². The van der Waals surface area contributed by atoms with Crippen LogP contribution in [0.25, 0.3) is 0 Å². The van der Waals surface area contributed by atoms with Crippen LogP contribution in [0.2, 0.25) is 0 Å². The molecule has 30 heavy (non-hydrogen) atoms. The van der Waals surface area contributed by atoms with Gasteiger partial charge in [0.2, 0.25) is 0 Å². The number of hydrogen-bond acceptors (Lipinski definition) is 3. The van der Waals surface area contributed by atoms with Crippen LogP contribution in [0.5, 0.6) is 0 Å². The van der Waals surface area contributed by atoms with Crippen LogP contribution < -0.4 is 10.6 Å². The van der Waals surface area contributed by atoms with E-state index < -0.39 is 0 Å². The van der Waals surface area contributed by atoms with Gasteiger partial charge < -0.3 is 15.4 Å². The van der Waals surface area contributed by atoms with Gasteiger partial charge in [-0.05, 0) is 111 Å². The summed E-state index contributed by atoms with van der Waals surface area (Å²) in [5.74, 6) is 2.43. The van der Waals surface area contributed by atoms with Crippen molar-refractivity contribution in [2.45, 2.75) is 104 Å². The maximum atomic E-state index is 6.21. The Balaban J connectivity index is 1.52. The highest BCUT2D eigenvalue weighted by molar-refractivity contribution is 5.31. The van der Waals surface area contributed by atoms with Crippen LogP contribution >= 0.6 is 0 Å². The molecule has 0 aromatic heterocycles. The summed E-state index contributed by atoms with van der Waals surface area (Å²) in [5.41, 5.74) is 2.51. The van der Waals surface area contributed by atoms with Gasteiger partial charge in [0, 0.05) is 25.1 Å². The second kappa shape index (κ2) is 6.48. The van der Waals surface area contributed by atoms with Crippen LogP contribution in [0.3, 0.4) is 0 Å². The predicted octanol–water partition coefficient (Wildman–Crippen LogP) is 5.25. The molecular formula is C27H48N2O. The fourth-order valence-corrected chi connectivity index (χ4v) is 11.2. The molecule has 0 heterocycles. The highest BCUT2D eigenvalue weighted by Gasteiger charge is 2.82. The van der Waals surface area contributed by atoms with Crippen molar-refractivity contribution < 1.29 is 4.74 Å². The summed E-state index contributed by atoms with van der Waals surface area (Å²) in [6, 6.07) is 1.21. The second-order valence-electron chi connectivity index (χ2n) is 13.3. The van der Waals surface area contributed by atoms with Crippen LogP contribution in [0, 0.1) is 44.8 Å². The Morgan fingerprint density at radius 2 is 1.53 bits per heavy atom. The first kappa shape index (κ1) is 21.7. The Kier molecular flexibility index (Phi) is 4.69. The minimum absolute atomic E-state index is 0.389. The van der Waals surface area contributed by atoms with Gasteiger partial charge in [-0.3, -0.25) is 0 Å². The van der Waals surface area contributed by atoms with E-state index >= 15 is 0 Å². The molecule has 8 unspecified atom stereocenters. The van der Waals surface area contributed by atoms with Gasteiger partial charge in [-0.2, -0.15) is 0 Å². The van der Waals surface area contributed by atoms with Crippen LogP contribution in [-0.4, -0.2) is 39.4 Å². The number of ether oxygens (including phenoxy) is 1. The minimum atomic E-state index is 0.389. The van der Waals surface area contributed by atoms with Gasteiger partial charge in [0.1, 0.15) is 0 Å². The molecule has 3 heteroatoms. The number of rotatable bonds is 4. The average molecular weight is 417 g/mol. The van der Waals surface area contributed by atoms with Gasteiger partial charge >= 0.3 is 0 Å². The first-order valence-corrected chi connectivity index (χ1v) is 13.0. The molecule has 0 aromatic carbocycles. The van der Waals surface area contributed by atoms with E-state index in [4.69, 9.17) is 4.74 Å². The topological polar surface area (TPSA) is 33.3 Å². The van der Waals surface area contributed by atoms with E-state index in [0.29, 0.717) is 51.2 Å². The van der Waals surface area contributed by atoms with Crippen LogP contribution in [-0.2, 0) is 4.74 Å². The summed E-state index contributed by atoms with van der Waals surface area (Å²) in [4.78, 5) is 0. The molecule has 5 fully saturated rings. The van der Waals surface area contributed by atoms with Crippen molar-refractivity contribution in [1.82, 2.24) is 10.6 Å². The summed E-state index contributed by atoms with van der Waals surface area (Å²) in [7, 11) is 6.30. The van der Waals surface area contributed by atoms with Crippen molar-refractivity contribution in [3.05, 3.63) is 0 Å². The quantitative estimate of drug-likeness (QED) is 0.657. The third kappa shape index (κ3) is 2.24. The number of methoxy groups -OCH3 is 1. The first-order valence-electron chi connectivity index (χ1n) is 13.0. The molecule has 10 atom stereocenters. The third-order valence-electron chi connectivity index (χ3n) is 12.8. The molecular weight excluding hydrogens is 368 g/mol. The minimum Gasteiger partial charge on any atom is -0.381 e. The maximum Gasteiger partial charge on any atom is 0.0625 e. The zero-order valence-corrected chi connectivity index (χ0v) is 21.0. The predicted molar refractivity (Wildman–Crippen MR) is 124 cm³/mol. The molecule has 3 nitrogen and oxygen atoms in total. The summed E-state index contributed by atoms with van der Waals surface area (Å²) >= 11 is 0. The van der Waals surface area contributed by atoms with E-state index in [0.717, 1.165) is 11.8 Å². The molecule has 0 amide bonds. The second-order valence-corrected chi connectivity index (χ2v) is 13.3. The highest BCUT2D eigenvalue weighted by atomic mass is 16.5. The lowest BCUT2D eigenvalue weighted by Crippen LogP contribution is -2.59. The monoisotopic (exact) mass is 416 g/mol. The van der Waals surface area contributed by atoms with Crippen molar-refractivity contribution in [3.8, 4) is 0 Å². The van der Waals surface area contributed by atoms with Gasteiger partial charge in [-0.25, -0.2) is 0 Å². The Morgan fingerprint density at radius 1 is 0.867 bits per heavy atom. The molecule has 0 aromatic rings. The summed E-state index contributed by atoms with van der Waals surface area (Å²) in [5, 5.41) is 7.32. The van der Waals surface area contributed by atoms with Gasteiger partial charge in [0.25, 0.3) is 0 Å². The van der Waals surface area contributed by atoms with Gasteiger partial charge in [0.05, 0.1) is 6.10 Å². The molecule has 5 saturated carbocycles. The van der Waals surface area contributed by atoms with E-state index in [-0.39, 0.29) is 0 Å². The SMILES string of the molecule is CNC(C)C1[C@H](OC)C[C@@]2(C)C3CCC4C(C)(C)C(NC)CCC45CC35CCC12C. The smallest absolute Gasteiger partial charge is 0.0625 e. The van der Waals surface area contributed by atoms with Crippen molar-refractivity contribution in [3.63, 3.8) is 0 Å². The number of hydrogen-bond donors (Lipinski definition) is 2. The van der Waals surface area contributed by atoms with E-state index in [2.05, 4.69) is 59.3 Å². The average Bonchev–Trinajstić information content (AvgIpc) is 3.31. The van der Waals surface area contributed by atoms with Gasteiger partial charge in [-0.1, -0.05) is 27.7 Å². The van der Waals surface area contributed by atoms with E-state index in [9.17, 15) is 0 Å². The van der Waals surface area contributed by atoms with E-state index in [1.54, 1.807) is 0 Å². The van der Waals surface area contributed by atoms with Crippen LogP contribution in [0.4, 0.5) is 0 Å². The first-order chi connectivity index (χ1) is 14.1. The van der Waals surface area contributed by atoms with Crippen molar-refractivity contribution in [2.75, 3.05) is 21.2 Å². The standard InChI is InChI=1S/C27H48N2O/c1-17(28-6)22-18(30-8)15-25(5)20-10-9-19-23(2,3)21(29-7)11-12-26(19)16-27(20,26)14-13-24(22,25)4/h17-22,28-29H,9-16H2,1-8H3/t17?,18-,19?,20?,21?,22?,24?,25+,26?,27?/m1/s1. The van der Waals surface area contributed by atoms with E-state index in [1.807, 2.05) is 7.11 Å². The number of nitrogens with one attached hydrogen (secondary N) is 2. The van der Waals surface area contributed by atoms with Crippen molar-refractivity contribution in [2.24, 2.45) is 44.8 Å². The highest BCUT2D eigenvalue weighted by Crippen LogP contribution is 2.88. The summed E-state index contributed by atoms with van der Waals surface area (Å²) in [6.45, 7) is 12.9. The van der Waals surface area contributed by atoms with Gasteiger partial charge in [0.15, 0.2) is 0 Å². The molecule has 5 aliphatic rings. The fraction of sp³-hybridized carbons (Fsp3) is 1.00. The lowest BCUT2D eigenvalue weighted by atomic mass is 9.42. The Hall–Kier alpha value is -0.120. The normalized spacial score (nSPS) is 57.0. The van der Waals surface area contributed by atoms with Crippen LogP contribution in [0.15, 0.2) is 0 Å². The fourth-order valence-electron chi connectivity index (χ4n) is 11.2. The maximum absolute atomic E-state index is 6.21. The largest absolute Gasteiger partial charge is 0.381 e. The van der Waals surface area contributed by atoms with E-state index in [1.165, 1.54) is 51.4 Å². The Labute approximate surface area is 185 Å². The van der Waals surface area contributed by atoms with Crippen LogP contribution in [0.1, 0.15) is 86.0 Å². The molecule has 172 valence electrons. The lowest BCUT2D eigenvalue weighted by molar-refractivity contribution is -0.144.